The Bertz CT molecular complexity index is 267. The van der Waals surface area contributed by atoms with Crippen LogP contribution in [-0.4, -0.2) is 42.1 Å². The van der Waals surface area contributed by atoms with Gasteiger partial charge in [0.05, 0.1) is 0 Å². The lowest BCUT2D eigenvalue weighted by Crippen LogP contribution is -2.47. The normalized spacial score (nSPS) is 11.4. The smallest absolute Gasteiger partial charge is 0.326 e. The molecule has 4 N–H and O–H groups in total. The van der Waals surface area contributed by atoms with Gasteiger partial charge in [-0.05, 0) is 6.42 Å². The second kappa shape index (κ2) is 7.49. The molecule has 0 bridgehead atoms. The average molecular weight is 231 g/mol. The van der Waals surface area contributed by atoms with Gasteiger partial charge in [-0.3, -0.25) is 4.79 Å². The number of amides is 3. The third-order valence-electron chi connectivity index (χ3n) is 1.80. The predicted octanol–water partition coefficient (Wildman–Crippen LogP) is -0.715. The molecule has 0 unspecified atom stereocenters. The number of carboxylic acids is 1. The Labute approximate surface area is 93.6 Å². The van der Waals surface area contributed by atoms with Gasteiger partial charge in [-0.25, -0.2) is 9.59 Å². The fourth-order valence-electron chi connectivity index (χ4n) is 0.962. The molecule has 0 saturated carbocycles. The van der Waals surface area contributed by atoms with Crippen LogP contribution in [-0.2, 0) is 9.59 Å². The van der Waals surface area contributed by atoms with Crippen LogP contribution in [0.3, 0.4) is 0 Å². The Kier molecular flexibility index (Phi) is 6.66. The molecule has 0 aromatic carbocycles. The summed E-state index contributed by atoms with van der Waals surface area (Å²) in [5.74, 6) is -1.25. The maximum atomic E-state index is 11.2. The summed E-state index contributed by atoms with van der Waals surface area (Å²) < 4.78 is 0. The summed E-state index contributed by atoms with van der Waals surface area (Å²) in [6.45, 7) is 3.60. The van der Waals surface area contributed by atoms with Crippen LogP contribution in [0.25, 0.3) is 0 Å². The summed E-state index contributed by atoms with van der Waals surface area (Å²) in [6, 6.07) is -1.44. The Balaban J connectivity index is 3.73. The Morgan fingerprint density at radius 1 is 1.19 bits per heavy atom. The van der Waals surface area contributed by atoms with Crippen LogP contribution >= 0.6 is 0 Å². The highest BCUT2D eigenvalue weighted by atomic mass is 16.4. The van der Waals surface area contributed by atoms with E-state index in [1.807, 2.05) is 0 Å². The van der Waals surface area contributed by atoms with Crippen molar-refractivity contribution in [1.82, 2.24) is 16.0 Å². The first-order chi connectivity index (χ1) is 7.47. The Morgan fingerprint density at radius 3 is 2.19 bits per heavy atom. The van der Waals surface area contributed by atoms with E-state index < -0.39 is 18.0 Å². The maximum Gasteiger partial charge on any atom is 0.326 e. The van der Waals surface area contributed by atoms with Crippen molar-refractivity contribution in [1.29, 1.82) is 0 Å². The summed E-state index contributed by atoms with van der Waals surface area (Å²) in [6.07, 6.45) is 0.314. The van der Waals surface area contributed by atoms with Crippen molar-refractivity contribution in [2.24, 2.45) is 0 Å². The van der Waals surface area contributed by atoms with Crippen molar-refractivity contribution in [2.75, 3.05) is 13.1 Å². The van der Waals surface area contributed by atoms with Crippen molar-refractivity contribution < 1.29 is 19.5 Å². The van der Waals surface area contributed by atoms with Crippen molar-refractivity contribution in [3.8, 4) is 0 Å². The molecule has 0 aromatic rings. The van der Waals surface area contributed by atoms with Crippen LogP contribution in [0.2, 0.25) is 0 Å². The molecule has 0 heterocycles. The van der Waals surface area contributed by atoms with Crippen LogP contribution in [0.4, 0.5) is 4.79 Å². The molecule has 0 aliphatic carbocycles. The van der Waals surface area contributed by atoms with Crippen LogP contribution in [0, 0.1) is 0 Å². The number of urea groups is 1. The predicted molar refractivity (Wildman–Crippen MR) is 56.9 cm³/mol. The standard InChI is InChI=1S/C9H17N3O4/c1-3-7(8(14)15)12-9(16)11-5-4-10-6(2)13/h7H,3-5H2,1-2H3,(H,10,13)(H,14,15)(H2,11,12,16)/t7-/m1/s1. The van der Waals surface area contributed by atoms with E-state index in [1.54, 1.807) is 6.92 Å². The van der Waals surface area contributed by atoms with Gasteiger partial charge in [0.2, 0.25) is 5.91 Å². The third-order valence-corrected chi connectivity index (χ3v) is 1.80. The highest BCUT2D eigenvalue weighted by Gasteiger charge is 2.16. The van der Waals surface area contributed by atoms with Gasteiger partial charge in [0.15, 0.2) is 0 Å². The minimum atomic E-state index is -1.07. The first kappa shape index (κ1) is 14.2. The number of rotatable bonds is 6. The minimum Gasteiger partial charge on any atom is -0.480 e. The topological polar surface area (TPSA) is 108 Å². The number of hydrogen-bond acceptors (Lipinski definition) is 3. The molecule has 0 rings (SSSR count). The van der Waals surface area contributed by atoms with Crippen molar-refractivity contribution in [2.45, 2.75) is 26.3 Å². The minimum absolute atomic E-state index is 0.181. The lowest BCUT2D eigenvalue weighted by Gasteiger charge is -2.13. The summed E-state index contributed by atoms with van der Waals surface area (Å²) in [5.41, 5.74) is 0. The zero-order valence-corrected chi connectivity index (χ0v) is 9.37. The first-order valence-electron chi connectivity index (χ1n) is 4.99. The fourth-order valence-corrected chi connectivity index (χ4v) is 0.962. The molecule has 0 fully saturated rings. The average Bonchev–Trinajstić information content (AvgIpc) is 2.20. The highest BCUT2D eigenvalue weighted by molar-refractivity contribution is 5.82. The molecular weight excluding hydrogens is 214 g/mol. The molecule has 0 aromatic heterocycles. The number of aliphatic carboxylic acids is 1. The Hall–Kier alpha value is -1.79. The van der Waals surface area contributed by atoms with Crippen LogP contribution < -0.4 is 16.0 Å². The van der Waals surface area contributed by atoms with Crippen LogP contribution in [0.5, 0.6) is 0 Å². The number of carbonyl (C=O) groups is 3. The van der Waals surface area contributed by atoms with Gasteiger partial charge in [0.1, 0.15) is 6.04 Å². The Morgan fingerprint density at radius 2 is 1.75 bits per heavy atom. The molecule has 7 heteroatoms. The molecule has 3 amide bonds. The third kappa shape index (κ3) is 6.63. The van der Waals surface area contributed by atoms with Crippen molar-refractivity contribution in [3.63, 3.8) is 0 Å². The van der Waals surface area contributed by atoms with E-state index in [4.69, 9.17) is 5.11 Å². The molecular formula is C9H17N3O4. The number of nitrogens with one attached hydrogen (secondary N) is 3. The quantitative estimate of drug-likeness (QED) is 0.453. The van der Waals surface area contributed by atoms with Crippen LogP contribution in [0.15, 0.2) is 0 Å². The van der Waals surface area contributed by atoms with E-state index in [1.165, 1.54) is 6.92 Å². The molecule has 0 spiro atoms. The first-order valence-corrected chi connectivity index (χ1v) is 4.99. The molecule has 0 saturated heterocycles. The molecule has 0 aliphatic rings. The van der Waals surface area contributed by atoms with E-state index in [0.717, 1.165) is 0 Å². The summed E-state index contributed by atoms with van der Waals surface area (Å²) in [5, 5.41) is 15.9. The van der Waals surface area contributed by atoms with E-state index in [0.29, 0.717) is 13.0 Å². The second-order valence-corrected chi connectivity index (χ2v) is 3.18. The number of carboxylic acid groups (broad SMARTS) is 1. The summed E-state index contributed by atoms with van der Waals surface area (Å²) in [4.78, 5) is 32.2. The van der Waals surface area contributed by atoms with E-state index in [9.17, 15) is 14.4 Å². The molecule has 1 atom stereocenters. The number of hydrogen-bond donors (Lipinski definition) is 4. The lowest BCUT2D eigenvalue weighted by molar-refractivity contribution is -0.139. The van der Waals surface area contributed by atoms with E-state index >= 15 is 0 Å². The van der Waals surface area contributed by atoms with Crippen molar-refractivity contribution >= 4 is 17.9 Å². The highest BCUT2D eigenvalue weighted by Crippen LogP contribution is 1.89. The van der Waals surface area contributed by atoms with E-state index in [-0.39, 0.29) is 12.5 Å². The van der Waals surface area contributed by atoms with Gasteiger partial charge in [0.25, 0.3) is 0 Å². The van der Waals surface area contributed by atoms with Crippen molar-refractivity contribution in [3.05, 3.63) is 0 Å². The molecule has 16 heavy (non-hydrogen) atoms. The molecule has 92 valence electrons. The number of carbonyl (C=O) groups excluding carboxylic acids is 2. The SMILES string of the molecule is CC[C@@H](NC(=O)NCCNC(C)=O)C(=O)O. The van der Waals surface area contributed by atoms with Crippen LogP contribution in [0.1, 0.15) is 20.3 Å². The molecule has 0 aliphatic heterocycles. The largest absolute Gasteiger partial charge is 0.480 e. The summed E-state index contributed by atoms with van der Waals surface area (Å²) >= 11 is 0. The van der Waals surface area contributed by atoms with Gasteiger partial charge < -0.3 is 21.1 Å². The second-order valence-electron chi connectivity index (χ2n) is 3.18. The summed E-state index contributed by atoms with van der Waals surface area (Å²) in [7, 11) is 0. The zero-order chi connectivity index (χ0) is 12.6. The molecule has 7 nitrogen and oxygen atoms in total. The zero-order valence-electron chi connectivity index (χ0n) is 9.37. The lowest BCUT2D eigenvalue weighted by atomic mass is 10.2. The van der Waals surface area contributed by atoms with Gasteiger partial charge >= 0.3 is 12.0 Å². The van der Waals surface area contributed by atoms with Gasteiger partial charge in [-0.15, -0.1) is 0 Å². The molecule has 0 radical (unpaired) electrons. The fraction of sp³-hybridized carbons (Fsp3) is 0.667. The van der Waals surface area contributed by atoms with Gasteiger partial charge in [0, 0.05) is 20.0 Å². The van der Waals surface area contributed by atoms with Gasteiger partial charge in [-0.1, -0.05) is 6.92 Å². The monoisotopic (exact) mass is 231 g/mol. The van der Waals surface area contributed by atoms with E-state index in [2.05, 4.69) is 16.0 Å². The maximum absolute atomic E-state index is 11.2. The van der Waals surface area contributed by atoms with Gasteiger partial charge in [-0.2, -0.15) is 0 Å².